The molecule has 0 spiro atoms. The summed E-state index contributed by atoms with van der Waals surface area (Å²) in [5.74, 6) is 0. The molecule has 1 heterocycles. The molecule has 1 aromatic heterocycles. The molecule has 3 rings (SSSR count). The summed E-state index contributed by atoms with van der Waals surface area (Å²) in [5, 5.41) is 14.1. The first-order chi connectivity index (χ1) is 9.26. The lowest BCUT2D eigenvalue weighted by Crippen LogP contribution is -2.19. The highest BCUT2D eigenvalue weighted by molar-refractivity contribution is 5.91. The minimum absolute atomic E-state index is 0.122. The van der Waals surface area contributed by atoms with E-state index in [1.54, 1.807) is 0 Å². The van der Waals surface area contributed by atoms with Gasteiger partial charge in [0.05, 0.1) is 12.1 Å². The van der Waals surface area contributed by atoms with E-state index in [1.165, 1.54) is 0 Å². The van der Waals surface area contributed by atoms with Crippen molar-refractivity contribution in [1.29, 1.82) is 0 Å². The first-order valence-electron chi connectivity index (χ1n) is 7.00. The number of benzene rings is 1. The van der Waals surface area contributed by atoms with Gasteiger partial charge in [0, 0.05) is 28.7 Å². The largest absolute Gasteiger partial charge is 0.396 e. The van der Waals surface area contributed by atoms with Gasteiger partial charge in [-0.3, -0.25) is 4.98 Å². The van der Waals surface area contributed by atoms with Gasteiger partial charge in [-0.1, -0.05) is 25.1 Å². The molecule has 0 atom stereocenters. The number of pyridine rings is 1. The lowest BCUT2D eigenvalue weighted by molar-refractivity contribution is 0.220. The molecule has 100 valence electrons. The summed E-state index contributed by atoms with van der Waals surface area (Å²) in [6.07, 6.45) is 3.19. The number of aliphatic hydroxyl groups is 1. The Kier molecular flexibility index (Phi) is 3.15. The number of hydrogen-bond donors (Lipinski definition) is 2. The number of hydrogen-bond acceptors (Lipinski definition) is 3. The Morgan fingerprint density at radius 3 is 2.79 bits per heavy atom. The number of aryl methyl sites for hydroxylation is 1. The molecule has 2 N–H and O–H groups in total. The molecule has 0 aliphatic heterocycles. The van der Waals surface area contributed by atoms with Crippen molar-refractivity contribution in [3.8, 4) is 0 Å². The summed E-state index contributed by atoms with van der Waals surface area (Å²) >= 11 is 0. The highest BCUT2D eigenvalue weighted by Gasteiger charge is 2.41. The monoisotopic (exact) mass is 256 g/mol. The van der Waals surface area contributed by atoms with Gasteiger partial charge in [0.2, 0.25) is 0 Å². The molecular weight excluding hydrogens is 236 g/mol. The van der Waals surface area contributed by atoms with E-state index in [4.69, 9.17) is 0 Å². The molecule has 19 heavy (non-hydrogen) atoms. The van der Waals surface area contributed by atoms with Crippen LogP contribution in [0.4, 0.5) is 5.69 Å². The number of fused-ring (bicyclic) bond motifs is 1. The van der Waals surface area contributed by atoms with Crippen molar-refractivity contribution >= 4 is 16.6 Å². The van der Waals surface area contributed by atoms with Crippen molar-refractivity contribution in [2.24, 2.45) is 5.41 Å². The SMILES string of the molecule is CCc1cc(NCC2(CO)CC2)c2ccccc2n1. The smallest absolute Gasteiger partial charge is 0.0726 e. The van der Waals surface area contributed by atoms with Crippen molar-refractivity contribution in [3.05, 3.63) is 36.0 Å². The van der Waals surface area contributed by atoms with Crippen LogP contribution in [0.2, 0.25) is 0 Å². The standard InChI is InChI=1S/C16H20N2O/c1-2-12-9-15(17-10-16(11-19)7-8-16)13-5-3-4-6-14(13)18-12/h3-6,9,19H,2,7-8,10-11H2,1H3,(H,17,18). The van der Waals surface area contributed by atoms with Gasteiger partial charge in [-0.05, 0) is 31.4 Å². The molecule has 0 saturated heterocycles. The molecule has 0 unspecified atom stereocenters. The van der Waals surface area contributed by atoms with Crippen molar-refractivity contribution in [2.75, 3.05) is 18.5 Å². The van der Waals surface area contributed by atoms with Gasteiger partial charge in [-0.25, -0.2) is 0 Å². The summed E-state index contributed by atoms with van der Waals surface area (Å²) in [7, 11) is 0. The lowest BCUT2D eigenvalue weighted by Gasteiger charge is -2.16. The van der Waals surface area contributed by atoms with Gasteiger partial charge in [0.1, 0.15) is 0 Å². The Morgan fingerprint density at radius 1 is 1.32 bits per heavy atom. The Morgan fingerprint density at radius 2 is 2.11 bits per heavy atom. The number of nitrogens with one attached hydrogen (secondary N) is 1. The highest BCUT2D eigenvalue weighted by atomic mass is 16.3. The van der Waals surface area contributed by atoms with Crippen molar-refractivity contribution in [2.45, 2.75) is 26.2 Å². The van der Waals surface area contributed by atoms with Crippen molar-refractivity contribution in [3.63, 3.8) is 0 Å². The van der Waals surface area contributed by atoms with E-state index in [-0.39, 0.29) is 12.0 Å². The predicted octanol–water partition coefficient (Wildman–Crippen LogP) is 2.98. The van der Waals surface area contributed by atoms with Gasteiger partial charge in [0.25, 0.3) is 0 Å². The van der Waals surface area contributed by atoms with E-state index < -0.39 is 0 Å². The van der Waals surface area contributed by atoms with E-state index in [2.05, 4.69) is 35.4 Å². The first kappa shape index (κ1) is 12.4. The minimum Gasteiger partial charge on any atom is -0.396 e. The summed E-state index contributed by atoms with van der Waals surface area (Å²) in [4.78, 5) is 4.65. The molecule has 1 saturated carbocycles. The van der Waals surface area contributed by atoms with Crippen LogP contribution >= 0.6 is 0 Å². The average molecular weight is 256 g/mol. The third-order valence-corrected chi connectivity index (χ3v) is 4.08. The molecular formula is C16H20N2O. The van der Waals surface area contributed by atoms with E-state index in [1.807, 2.05) is 12.1 Å². The molecule has 1 aliphatic rings. The van der Waals surface area contributed by atoms with Crippen LogP contribution in [0.25, 0.3) is 10.9 Å². The number of rotatable bonds is 5. The normalized spacial score (nSPS) is 16.5. The molecule has 1 aliphatic carbocycles. The lowest BCUT2D eigenvalue weighted by atomic mass is 10.1. The minimum atomic E-state index is 0.122. The van der Waals surface area contributed by atoms with Crippen molar-refractivity contribution < 1.29 is 5.11 Å². The first-order valence-corrected chi connectivity index (χ1v) is 7.00. The van der Waals surface area contributed by atoms with Crippen molar-refractivity contribution in [1.82, 2.24) is 4.98 Å². The number of aliphatic hydroxyl groups excluding tert-OH is 1. The third kappa shape index (κ3) is 2.43. The number of anilines is 1. The van der Waals surface area contributed by atoms with Gasteiger partial charge in [-0.15, -0.1) is 0 Å². The second-order valence-corrected chi connectivity index (χ2v) is 5.54. The predicted molar refractivity (Wildman–Crippen MR) is 78.4 cm³/mol. The maximum Gasteiger partial charge on any atom is 0.0726 e. The second kappa shape index (κ2) is 4.82. The Hall–Kier alpha value is -1.61. The summed E-state index contributed by atoms with van der Waals surface area (Å²) in [6, 6.07) is 10.4. The zero-order valence-corrected chi connectivity index (χ0v) is 11.3. The Bertz CT molecular complexity index is 590. The van der Waals surface area contributed by atoms with Crippen LogP contribution in [0.5, 0.6) is 0 Å². The van der Waals surface area contributed by atoms with Crippen LogP contribution in [0, 0.1) is 5.41 Å². The Labute approximate surface area is 113 Å². The molecule has 2 aromatic rings. The third-order valence-electron chi connectivity index (χ3n) is 4.08. The maximum atomic E-state index is 9.40. The fourth-order valence-electron chi connectivity index (χ4n) is 2.41. The molecule has 0 bridgehead atoms. The molecule has 3 heteroatoms. The van der Waals surface area contributed by atoms with Crippen LogP contribution in [-0.2, 0) is 6.42 Å². The zero-order valence-electron chi connectivity index (χ0n) is 11.3. The average Bonchev–Trinajstić information content (AvgIpc) is 3.25. The fourth-order valence-corrected chi connectivity index (χ4v) is 2.41. The van der Waals surface area contributed by atoms with Crippen LogP contribution < -0.4 is 5.32 Å². The van der Waals surface area contributed by atoms with E-state index in [0.29, 0.717) is 0 Å². The fraction of sp³-hybridized carbons (Fsp3) is 0.438. The topological polar surface area (TPSA) is 45.1 Å². The van der Waals surface area contributed by atoms with Gasteiger partial charge >= 0.3 is 0 Å². The van der Waals surface area contributed by atoms with E-state index in [9.17, 15) is 5.11 Å². The van der Waals surface area contributed by atoms with Gasteiger partial charge in [-0.2, -0.15) is 0 Å². The molecule has 1 fully saturated rings. The molecule has 0 radical (unpaired) electrons. The maximum absolute atomic E-state index is 9.40. The van der Waals surface area contributed by atoms with E-state index >= 15 is 0 Å². The van der Waals surface area contributed by atoms with Crippen LogP contribution in [0.15, 0.2) is 30.3 Å². The number of para-hydroxylation sites is 1. The van der Waals surface area contributed by atoms with Crippen LogP contribution in [0.1, 0.15) is 25.5 Å². The molecule has 0 amide bonds. The molecule has 3 nitrogen and oxygen atoms in total. The van der Waals surface area contributed by atoms with E-state index in [0.717, 1.165) is 48.1 Å². The van der Waals surface area contributed by atoms with Crippen LogP contribution in [0.3, 0.4) is 0 Å². The number of aromatic nitrogens is 1. The second-order valence-electron chi connectivity index (χ2n) is 5.54. The van der Waals surface area contributed by atoms with Crippen LogP contribution in [-0.4, -0.2) is 23.2 Å². The Balaban J connectivity index is 1.92. The zero-order chi connectivity index (χ0) is 13.3. The van der Waals surface area contributed by atoms with Gasteiger partial charge in [0.15, 0.2) is 0 Å². The van der Waals surface area contributed by atoms with Gasteiger partial charge < -0.3 is 10.4 Å². The number of nitrogens with zero attached hydrogens (tertiary/aromatic N) is 1. The summed E-state index contributed by atoms with van der Waals surface area (Å²) in [5.41, 5.74) is 3.41. The molecule has 1 aromatic carbocycles. The highest BCUT2D eigenvalue weighted by Crippen LogP contribution is 2.45. The quantitative estimate of drug-likeness (QED) is 0.864. The summed E-state index contributed by atoms with van der Waals surface area (Å²) < 4.78 is 0. The summed E-state index contributed by atoms with van der Waals surface area (Å²) in [6.45, 7) is 3.25.